The molecule has 1 fully saturated rings. The molecule has 3 unspecified atom stereocenters. The van der Waals surface area contributed by atoms with Gasteiger partial charge in [-0.3, -0.25) is 4.79 Å². The minimum Gasteiger partial charge on any atom is -0.393 e. The molecule has 0 radical (unpaired) electrons. The van der Waals surface area contributed by atoms with Crippen LogP contribution in [0.15, 0.2) is 5.38 Å². The normalized spacial score (nSPS) is 25.7. The lowest BCUT2D eigenvalue weighted by atomic mass is 9.93. The van der Waals surface area contributed by atoms with Crippen LogP contribution in [0.3, 0.4) is 0 Å². The number of hydrogen-bond acceptors (Lipinski definition) is 5. The van der Waals surface area contributed by atoms with Crippen molar-refractivity contribution in [1.29, 1.82) is 0 Å². The molecule has 6 heteroatoms. The topological polar surface area (TPSA) is 88.2 Å². The fourth-order valence-corrected chi connectivity index (χ4v) is 2.91. The van der Waals surface area contributed by atoms with Crippen molar-refractivity contribution < 1.29 is 9.90 Å². The maximum atomic E-state index is 12.0. The van der Waals surface area contributed by atoms with Crippen LogP contribution in [0.5, 0.6) is 0 Å². The van der Waals surface area contributed by atoms with Crippen LogP contribution in [-0.2, 0) is 0 Å². The van der Waals surface area contributed by atoms with Gasteiger partial charge >= 0.3 is 0 Å². The predicted molar refractivity (Wildman–Crippen MR) is 70.4 cm³/mol. The van der Waals surface area contributed by atoms with Crippen LogP contribution in [0.25, 0.3) is 0 Å². The highest BCUT2D eigenvalue weighted by Gasteiger charge is 2.23. The van der Waals surface area contributed by atoms with Gasteiger partial charge in [-0.25, -0.2) is 4.98 Å². The fraction of sp³-hybridized carbons (Fsp3) is 0.667. The zero-order valence-corrected chi connectivity index (χ0v) is 11.2. The van der Waals surface area contributed by atoms with Gasteiger partial charge in [0.05, 0.1) is 12.1 Å². The molecule has 2 rings (SSSR count). The lowest BCUT2D eigenvalue weighted by Gasteiger charge is -2.26. The first kappa shape index (κ1) is 13.5. The van der Waals surface area contributed by atoms with Crippen LogP contribution in [0, 0.1) is 0 Å². The number of rotatable bonds is 3. The van der Waals surface area contributed by atoms with Crippen molar-refractivity contribution in [2.24, 2.45) is 5.73 Å². The van der Waals surface area contributed by atoms with Gasteiger partial charge < -0.3 is 16.2 Å². The highest BCUT2D eigenvalue weighted by Crippen LogP contribution is 2.20. The van der Waals surface area contributed by atoms with E-state index in [0.717, 1.165) is 24.3 Å². The number of nitrogens with one attached hydrogen (secondary N) is 1. The smallest absolute Gasteiger partial charge is 0.270 e. The van der Waals surface area contributed by atoms with Crippen LogP contribution < -0.4 is 11.1 Å². The van der Waals surface area contributed by atoms with E-state index in [-0.39, 0.29) is 24.1 Å². The Kier molecular flexibility index (Phi) is 4.31. The average molecular weight is 269 g/mol. The first-order chi connectivity index (χ1) is 8.56. The Morgan fingerprint density at radius 1 is 1.67 bits per heavy atom. The van der Waals surface area contributed by atoms with Gasteiger partial charge in [0.2, 0.25) is 0 Å². The summed E-state index contributed by atoms with van der Waals surface area (Å²) in [4.78, 5) is 16.2. The summed E-state index contributed by atoms with van der Waals surface area (Å²) >= 11 is 1.40. The van der Waals surface area contributed by atoms with Gasteiger partial charge in [0, 0.05) is 11.4 Å². The van der Waals surface area contributed by atoms with Crippen molar-refractivity contribution in [3.8, 4) is 0 Å². The van der Waals surface area contributed by atoms with Crippen molar-refractivity contribution in [1.82, 2.24) is 10.3 Å². The largest absolute Gasteiger partial charge is 0.393 e. The van der Waals surface area contributed by atoms with E-state index in [1.165, 1.54) is 11.3 Å². The Balaban J connectivity index is 1.94. The predicted octanol–water partition coefficient (Wildman–Crippen LogP) is 1.20. The average Bonchev–Trinajstić information content (AvgIpc) is 2.78. The highest BCUT2D eigenvalue weighted by atomic mass is 32.1. The molecule has 1 aliphatic carbocycles. The van der Waals surface area contributed by atoms with E-state index in [4.69, 9.17) is 5.73 Å². The quantitative estimate of drug-likeness (QED) is 0.769. The molecular formula is C12H19N3O2S. The van der Waals surface area contributed by atoms with E-state index in [0.29, 0.717) is 12.1 Å². The van der Waals surface area contributed by atoms with Gasteiger partial charge in [-0.2, -0.15) is 0 Å². The Morgan fingerprint density at radius 2 is 2.44 bits per heavy atom. The zero-order chi connectivity index (χ0) is 13.1. The summed E-state index contributed by atoms with van der Waals surface area (Å²) in [6.45, 7) is 1.85. The molecule has 0 bridgehead atoms. The number of nitrogens with zero attached hydrogens (tertiary/aromatic N) is 1. The van der Waals surface area contributed by atoms with E-state index in [9.17, 15) is 9.90 Å². The van der Waals surface area contributed by atoms with Gasteiger partial charge in [0.15, 0.2) is 0 Å². The van der Waals surface area contributed by atoms with Gasteiger partial charge in [-0.1, -0.05) is 0 Å². The van der Waals surface area contributed by atoms with Gasteiger partial charge in [-0.15, -0.1) is 11.3 Å². The number of nitrogens with two attached hydrogens (primary N) is 1. The van der Waals surface area contributed by atoms with E-state index >= 15 is 0 Å². The number of hydrogen-bond donors (Lipinski definition) is 3. The van der Waals surface area contributed by atoms with E-state index in [1.54, 1.807) is 5.38 Å². The minimum absolute atomic E-state index is 0.0571. The molecule has 3 atom stereocenters. The number of carbonyl (C=O) groups is 1. The third kappa shape index (κ3) is 3.28. The van der Waals surface area contributed by atoms with Gasteiger partial charge in [0.25, 0.3) is 5.91 Å². The van der Waals surface area contributed by atoms with Crippen molar-refractivity contribution in [2.75, 3.05) is 0 Å². The van der Waals surface area contributed by atoms with Crippen molar-refractivity contribution in [3.05, 3.63) is 16.1 Å². The van der Waals surface area contributed by atoms with Crippen LogP contribution in [0.1, 0.15) is 54.1 Å². The number of amides is 1. The Morgan fingerprint density at radius 3 is 3.06 bits per heavy atom. The summed E-state index contributed by atoms with van der Waals surface area (Å²) < 4.78 is 0. The van der Waals surface area contributed by atoms with E-state index in [2.05, 4.69) is 10.3 Å². The molecule has 5 nitrogen and oxygen atoms in total. The van der Waals surface area contributed by atoms with Gasteiger partial charge in [-0.05, 0) is 32.6 Å². The lowest BCUT2D eigenvalue weighted by Crippen LogP contribution is -2.39. The number of thiazole rings is 1. The summed E-state index contributed by atoms with van der Waals surface area (Å²) in [6.07, 6.45) is 3.05. The summed E-state index contributed by atoms with van der Waals surface area (Å²) in [5, 5.41) is 15.0. The molecule has 0 aliphatic heterocycles. The maximum Gasteiger partial charge on any atom is 0.270 e. The number of aliphatic hydroxyl groups is 1. The van der Waals surface area contributed by atoms with Crippen LogP contribution in [-0.4, -0.2) is 28.1 Å². The number of aromatic nitrogens is 1. The molecule has 0 spiro atoms. The molecule has 1 aromatic heterocycles. The van der Waals surface area contributed by atoms with Crippen molar-refractivity contribution in [2.45, 2.75) is 50.8 Å². The standard InChI is InChI=1S/C12H19N3O2S/c1-7(13)12-15-10(6-18-12)11(17)14-8-3-2-4-9(16)5-8/h6-9,16H,2-5,13H2,1H3,(H,14,17). The molecule has 0 aromatic carbocycles. The first-order valence-corrected chi connectivity index (χ1v) is 7.14. The fourth-order valence-electron chi connectivity index (χ4n) is 2.16. The summed E-state index contributed by atoms with van der Waals surface area (Å²) in [7, 11) is 0. The third-order valence-corrected chi connectivity index (χ3v) is 4.17. The number of aliphatic hydroxyl groups excluding tert-OH is 1. The highest BCUT2D eigenvalue weighted by molar-refractivity contribution is 7.09. The molecule has 0 saturated heterocycles. The second-order valence-electron chi connectivity index (χ2n) is 4.85. The Labute approximate surface area is 110 Å². The second kappa shape index (κ2) is 5.77. The molecule has 4 N–H and O–H groups in total. The van der Waals surface area contributed by atoms with Crippen LogP contribution >= 0.6 is 11.3 Å². The molecule has 1 aliphatic rings. The number of carbonyl (C=O) groups excluding carboxylic acids is 1. The molecule has 1 amide bonds. The SMILES string of the molecule is CC(N)c1nc(C(=O)NC2CCCC(O)C2)cs1. The van der Waals surface area contributed by atoms with Crippen LogP contribution in [0.2, 0.25) is 0 Å². The van der Waals surface area contributed by atoms with E-state index < -0.39 is 0 Å². The molecule has 1 saturated carbocycles. The third-order valence-electron chi connectivity index (χ3n) is 3.13. The molecular weight excluding hydrogens is 250 g/mol. The maximum absolute atomic E-state index is 12.0. The van der Waals surface area contributed by atoms with Crippen LogP contribution in [0.4, 0.5) is 0 Å². The molecule has 18 heavy (non-hydrogen) atoms. The monoisotopic (exact) mass is 269 g/mol. The Hall–Kier alpha value is -0.980. The minimum atomic E-state index is -0.292. The summed E-state index contributed by atoms with van der Waals surface area (Å²) in [5.41, 5.74) is 6.14. The van der Waals surface area contributed by atoms with Gasteiger partial charge in [0.1, 0.15) is 10.7 Å². The van der Waals surface area contributed by atoms with Crippen molar-refractivity contribution >= 4 is 17.2 Å². The summed E-state index contributed by atoms with van der Waals surface area (Å²) in [6, 6.07) is -0.0882. The first-order valence-electron chi connectivity index (χ1n) is 6.26. The molecule has 1 heterocycles. The molecule has 100 valence electrons. The lowest BCUT2D eigenvalue weighted by molar-refractivity contribution is 0.0846. The summed E-state index contributed by atoms with van der Waals surface area (Å²) in [5.74, 6) is -0.169. The van der Waals surface area contributed by atoms with E-state index in [1.807, 2.05) is 6.92 Å². The second-order valence-corrected chi connectivity index (χ2v) is 5.74. The zero-order valence-electron chi connectivity index (χ0n) is 10.4. The molecule has 1 aromatic rings. The van der Waals surface area contributed by atoms with Crippen molar-refractivity contribution in [3.63, 3.8) is 0 Å². The Bertz CT molecular complexity index is 419.